The van der Waals surface area contributed by atoms with Crippen LogP contribution in [0.5, 0.6) is 5.88 Å². The lowest BCUT2D eigenvalue weighted by Crippen LogP contribution is -2.28. The molecule has 3 N–H and O–H groups in total. The van der Waals surface area contributed by atoms with Crippen molar-refractivity contribution in [3.05, 3.63) is 35.9 Å². The van der Waals surface area contributed by atoms with Gasteiger partial charge in [0.25, 0.3) is 0 Å². The number of ether oxygens (including phenoxy) is 1. The molecule has 0 bridgehead atoms. The molecule has 0 atom stereocenters. The van der Waals surface area contributed by atoms with Gasteiger partial charge in [-0.3, -0.25) is 0 Å². The Morgan fingerprint density at radius 2 is 1.97 bits per heavy atom. The maximum atomic E-state index is 9.69. The van der Waals surface area contributed by atoms with Crippen LogP contribution in [0.1, 0.15) is 57.6 Å². The fourth-order valence-electron chi connectivity index (χ4n) is 3.24. The Bertz CT molecular complexity index is 866. The third-order valence-corrected chi connectivity index (χ3v) is 4.69. The van der Waals surface area contributed by atoms with Crippen LogP contribution in [-0.4, -0.2) is 37.8 Å². The largest absolute Gasteiger partial charge is 0.472 e. The average Bonchev–Trinajstić information content (AvgIpc) is 2.68. The van der Waals surface area contributed by atoms with Gasteiger partial charge in [0, 0.05) is 31.0 Å². The van der Waals surface area contributed by atoms with E-state index < -0.39 is 0 Å². The van der Waals surface area contributed by atoms with Gasteiger partial charge in [-0.25, -0.2) is 15.0 Å². The SMILES string of the molecule is CC(C)(C)Oc1ncncc1CNc1cc(NC2CCC(O)CC2)c(C#N)cn1. The first-order valence-electron chi connectivity index (χ1n) is 9.90. The van der Waals surface area contributed by atoms with Crippen molar-refractivity contribution in [2.24, 2.45) is 0 Å². The lowest BCUT2D eigenvalue weighted by atomic mass is 9.93. The lowest BCUT2D eigenvalue weighted by molar-refractivity contribution is 0.122. The Kier molecular flexibility index (Phi) is 6.49. The molecule has 1 fully saturated rings. The maximum absolute atomic E-state index is 9.69. The molecular formula is C21H28N6O2. The molecule has 8 nitrogen and oxygen atoms in total. The third-order valence-electron chi connectivity index (χ3n) is 4.69. The van der Waals surface area contributed by atoms with Gasteiger partial charge in [-0.2, -0.15) is 5.26 Å². The minimum Gasteiger partial charge on any atom is -0.472 e. The zero-order valence-electron chi connectivity index (χ0n) is 17.1. The number of anilines is 2. The number of hydrogen-bond donors (Lipinski definition) is 3. The molecule has 0 spiro atoms. The fraction of sp³-hybridized carbons (Fsp3) is 0.524. The molecule has 2 aromatic heterocycles. The molecule has 1 aliphatic carbocycles. The summed E-state index contributed by atoms with van der Waals surface area (Å²) < 4.78 is 5.90. The van der Waals surface area contributed by atoms with Gasteiger partial charge in [0.1, 0.15) is 23.8 Å². The number of pyridine rings is 1. The Balaban J connectivity index is 1.70. The molecule has 0 unspecified atom stereocenters. The highest BCUT2D eigenvalue weighted by atomic mass is 16.5. The second kappa shape index (κ2) is 9.05. The molecule has 3 rings (SSSR count). The summed E-state index contributed by atoms with van der Waals surface area (Å²) in [5.41, 5.74) is 1.72. The van der Waals surface area contributed by atoms with Crippen LogP contribution in [0.2, 0.25) is 0 Å². The van der Waals surface area contributed by atoms with E-state index in [1.807, 2.05) is 26.8 Å². The average molecular weight is 396 g/mol. The molecule has 1 saturated carbocycles. The van der Waals surface area contributed by atoms with Gasteiger partial charge in [0.05, 0.1) is 22.9 Å². The molecule has 2 aromatic rings. The molecule has 0 amide bonds. The molecule has 0 radical (unpaired) electrons. The van der Waals surface area contributed by atoms with Gasteiger partial charge in [-0.05, 0) is 46.5 Å². The molecule has 0 saturated heterocycles. The van der Waals surface area contributed by atoms with Gasteiger partial charge in [-0.15, -0.1) is 0 Å². The Morgan fingerprint density at radius 1 is 1.21 bits per heavy atom. The van der Waals surface area contributed by atoms with E-state index >= 15 is 0 Å². The molecule has 8 heteroatoms. The summed E-state index contributed by atoms with van der Waals surface area (Å²) in [5, 5.41) is 25.8. The monoisotopic (exact) mass is 396 g/mol. The van der Waals surface area contributed by atoms with Crippen LogP contribution in [-0.2, 0) is 6.54 Å². The molecule has 29 heavy (non-hydrogen) atoms. The van der Waals surface area contributed by atoms with E-state index in [0.29, 0.717) is 23.8 Å². The summed E-state index contributed by atoms with van der Waals surface area (Å²) >= 11 is 0. The van der Waals surface area contributed by atoms with E-state index in [1.165, 1.54) is 6.33 Å². The lowest BCUT2D eigenvalue weighted by Gasteiger charge is -2.27. The summed E-state index contributed by atoms with van der Waals surface area (Å²) in [6, 6.07) is 4.28. The van der Waals surface area contributed by atoms with Crippen LogP contribution in [0.3, 0.4) is 0 Å². The molecule has 154 valence electrons. The molecule has 0 aliphatic heterocycles. The third kappa shape index (κ3) is 6.03. The molecular weight excluding hydrogens is 368 g/mol. The number of nitrogens with zero attached hydrogens (tertiary/aromatic N) is 4. The van der Waals surface area contributed by atoms with Gasteiger partial charge in [-0.1, -0.05) is 0 Å². The van der Waals surface area contributed by atoms with E-state index in [2.05, 4.69) is 31.7 Å². The highest BCUT2D eigenvalue weighted by Crippen LogP contribution is 2.26. The van der Waals surface area contributed by atoms with Crippen LogP contribution >= 0.6 is 0 Å². The van der Waals surface area contributed by atoms with Crippen LogP contribution < -0.4 is 15.4 Å². The minimum absolute atomic E-state index is 0.212. The summed E-state index contributed by atoms with van der Waals surface area (Å²) in [7, 11) is 0. The van der Waals surface area contributed by atoms with Crippen LogP contribution in [0, 0.1) is 11.3 Å². The van der Waals surface area contributed by atoms with Crippen LogP contribution in [0.4, 0.5) is 11.5 Å². The van der Waals surface area contributed by atoms with Crippen molar-refractivity contribution in [3.8, 4) is 11.9 Å². The number of nitrogens with one attached hydrogen (secondary N) is 2. The minimum atomic E-state index is -0.361. The number of hydrogen-bond acceptors (Lipinski definition) is 8. The Hall–Kier alpha value is -2.92. The van der Waals surface area contributed by atoms with Crippen molar-refractivity contribution in [2.45, 2.75) is 70.7 Å². The number of aromatic nitrogens is 3. The van der Waals surface area contributed by atoms with Crippen molar-refractivity contribution in [2.75, 3.05) is 10.6 Å². The molecule has 0 aromatic carbocycles. The Morgan fingerprint density at radius 3 is 2.66 bits per heavy atom. The molecule has 2 heterocycles. The number of rotatable bonds is 6. The van der Waals surface area contributed by atoms with E-state index in [0.717, 1.165) is 36.9 Å². The fourth-order valence-corrected chi connectivity index (χ4v) is 3.24. The summed E-state index contributed by atoms with van der Waals surface area (Å²) in [6.07, 6.45) is 7.86. The van der Waals surface area contributed by atoms with Gasteiger partial charge < -0.3 is 20.5 Å². The van der Waals surface area contributed by atoms with Crippen molar-refractivity contribution in [1.29, 1.82) is 5.26 Å². The summed E-state index contributed by atoms with van der Waals surface area (Å²) in [5.74, 6) is 1.18. The van der Waals surface area contributed by atoms with E-state index in [-0.39, 0.29) is 17.7 Å². The first-order chi connectivity index (χ1) is 13.8. The second-order valence-electron chi connectivity index (χ2n) is 8.30. The van der Waals surface area contributed by atoms with Gasteiger partial charge in [0.2, 0.25) is 5.88 Å². The van der Waals surface area contributed by atoms with Gasteiger partial charge >= 0.3 is 0 Å². The normalized spacial score (nSPS) is 19.3. The first kappa shape index (κ1) is 20.8. The van der Waals surface area contributed by atoms with E-state index in [4.69, 9.17) is 4.74 Å². The summed E-state index contributed by atoms with van der Waals surface area (Å²) in [6.45, 7) is 6.35. The number of aliphatic hydroxyl groups excluding tert-OH is 1. The van der Waals surface area contributed by atoms with E-state index in [9.17, 15) is 10.4 Å². The first-order valence-corrected chi connectivity index (χ1v) is 9.90. The van der Waals surface area contributed by atoms with Gasteiger partial charge in [0.15, 0.2) is 0 Å². The van der Waals surface area contributed by atoms with Crippen LogP contribution in [0.25, 0.3) is 0 Å². The zero-order valence-corrected chi connectivity index (χ0v) is 17.1. The summed E-state index contributed by atoms with van der Waals surface area (Å²) in [4.78, 5) is 12.7. The topological polar surface area (TPSA) is 116 Å². The quantitative estimate of drug-likeness (QED) is 0.681. The van der Waals surface area contributed by atoms with Crippen molar-refractivity contribution in [1.82, 2.24) is 15.0 Å². The van der Waals surface area contributed by atoms with Crippen molar-refractivity contribution < 1.29 is 9.84 Å². The number of aliphatic hydroxyl groups is 1. The predicted octanol–water partition coefficient (Wildman–Crippen LogP) is 3.25. The Labute approximate surface area is 171 Å². The van der Waals surface area contributed by atoms with Crippen molar-refractivity contribution in [3.63, 3.8) is 0 Å². The second-order valence-corrected chi connectivity index (χ2v) is 8.30. The van der Waals surface area contributed by atoms with Crippen molar-refractivity contribution >= 4 is 11.5 Å². The molecule has 1 aliphatic rings. The maximum Gasteiger partial charge on any atom is 0.221 e. The van der Waals surface area contributed by atoms with Crippen LogP contribution in [0.15, 0.2) is 24.8 Å². The zero-order chi connectivity index (χ0) is 20.9. The highest BCUT2D eigenvalue weighted by Gasteiger charge is 2.20. The number of nitriles is 1. The smallest absolute Gasteiger partial charge is 0.221 e. The standard InChI is InChI=1S/C21H28N6O2/c1-21(2,3)29-20-15(10-23-13-26-20)12-25-19-8-18(14(9-22)11-24-19)27-16-4-6-17(28)7-5-16/h8,10-11,13,16-17,28H,4-7,12H2,1-3H3,(H2,24,25,27). The van der Waals surface area contributed by atoms with E-state index in [1.54, 1.807) is 12.4 Å². The predicted molar refractivity (Wildman–Crippen MR) is 111 cm³/mol. The highest BCUT2D eigenvalue weighted by molar-refractivity contribution is 5.62.